The number of ether oxygens (including phenoxy) is 1. The van der Waals surface area contributed by atoms with Gasteiger partial charge in [-0.25, -0.2) is 9.78 Å². The highest BCUT2D eigenvalue weighted by atomic mass is 79.9. The Kier molecular flexibility index (Phi) is 5.17. The molecule has 2 aromatic rings. The molecule has 0 aliphatic carbocycles. The number of amides is 2. The maximum Gasteiger partial charge on any atom is 0.404 e. The Bertz CT molecular complexity index is 873. The molecule has 0 saturated carbocycles. The first-order valence-electron chi connectivity index (χ1n) is 8.11. The van der Waals surface area contributed by atoms with Crippen molar-refractivity contribution in [2.45, 2.75) is 18.9 Å². The molecule has 1 saturated heterocycles. The Labute approximate surface area is 158 Å². The van der Waals surface area contributed by atoms with Crippen LogP contribution in [0.15, 0.2) is 22.8 Å². The highest BCUT2D eigenvalue weighted by Crippen LogP contribution is 2.36. The van der Waals surface area contributed by atoms with E-state index in [2.05, 4.69) is 26.2 Å². The molecule has 138 valence electrons. The normalized spacial score (nSPS) is 17.2. The summed E-state index contributed by atoms with van der Waals surface area (Å²) in [6.07, 6.45) is 2.27. The molecule has 26 heavy (non-hydrogen) atoms. The van der Waals surface area contributed by atoms with Crippen LogP contribution in [0.3, 0.4) is 0 Å². The number of halogens is 1. The fourth-order valence-corrected chi connectivity index (χ4v) is 3.73. The zero-order chi connectivity index (χ0) is 18.8. The van der Waals surface area contributed by atoms with Crippen molar-refractivity contribution in [2.24, 2.45) is 5.73 Å². The number of hydrogen-bond acceptors (Lipinski definition) is 5. The van der Waals surface area contributed by atoms with Gasteiger partial charge < -0.3 is 25.8 Å². The molecule has 1 aromatic heterocycles. The molecule has 1 unspecified atom stereocenters. The predicted octanol–water partition coefficient (Wildman–Crippen LogP) is 2.34. The van der Waals surface area contributed by atoms with Crippen molar-refractivity contribution in [1.29, 1.82) is 0 Å². The summed E-state index contributed by atoms with van der Waals surface area (Å²) in [5.41, 5.74) is 5.75. The third-order valence-corrected chi connectivity index (χ3v) is 5.08. The average molecular weight is 423 g/mol. The number of anilines is 1. The first-order valence-corrected chi connectivity index (χ1v) is 8.90. The molecule has 8 nitrogen and oxygen atoms in total. The molecule has 1 aromatic carbocycles. The lowest BCUT2D eigenvalue weighted by atomic mass is 10.0. The number of piperidine rings is 1. The maximum atomic E-state index is 11.7. The van der Waals surface area contributed by atoms with Crippen molar-refractivity contribution in [3.8, 4) is 5.75 Å². The van der Waals surface area contributed by atoms with Gasteiger partial charge in [-0.15, -0.1) is 0 Å². The van der Waals surface area contributed by atoms with Crippen LogP contribution in [0.1, 0.15) is 23.2 Å². The first kappa shape index (κ1) is 18.2. The monoisotopic (exact) mass is 422 g/mol. The number of carbonyl (C=O) groups excluding carboxylic acids is 1. The van der Waals surface area contributed by atoms with Crippen molar-refractivity contribution in [3.05, 3.63) is 28.4 Å². The number of methoxy groups -OCH3 is 1. The SMILES string of the molecule is COc1cc2c(N3CCCC(NC(=O)O)C3)ncc(Br)c2cc1C(N)=O. The second kappa shape index (κ2) is 7.36. The Morgan fingerprint density at radius 1 is 1.42 bits per heavy atom. The molecule has 9 heteroatoms. The molecule has 0 radical (unpaired) electrons. The topological polar surface area (TPSA) is 118 Å². The van der Waals surface area contributed by atoms with E-state index < -0.39 is 12.0 Å². The molecule has 3 rings (SSSR count). The third-order valence-electron chi connectivity index (χ3n) is 4.45. The van der Waals surface area contributed by atoms with Gasteiger partial charge in [0.05, 0.1) is 12.7 Å². The lowest BCUT2D eigenvalue weighted by Gasteiger charge is -2.34. The van der Waals surface area contributed by atoms with E-state index in [9.17, 15) is 9.59 Å². The van der Waals surface area contributed by atoms with Crippen LogP contribution >= 0.6 is 15.9 Å². The summed E-state index contributed by atoms with van der Waals surface area (Å²) in [6.45, 7) is 1.29. The molecule has 0 bridgehead atoms. The number of hydrogen-bond donors (Lipinski definition) is 3. The summed E-state index contributed by atoms with van der Waals surface area (Å²) >= 11 is 3.47. The molecule has 2 heterocycles. The third kappa shape index (κ3) is 3.52. The number of nitrogens with one attached hydrogen (secondary N) is 1. The smallest absolute Gasteiger partial charge is 0.404 e. The van der Waals surface area contributed by atoms with E-state index in [0.717, 1.165) is 40.4 Å². The summed E-state index contributed by atoms with van der Waals surface area (Å²) in [4.78, 5) is 29.2. The van der Waals surface area contributed by atoms with Crippen molar-refractivity contribution in [3.63, 3.8) is 0 Å². The number of pyridine rings is 1. The van der Waals surface area contributed by atoms with Gasteiger partial charge in [0.2, 0.25) is 0 Å². The van der Waals surface area contributed by atoms with Gasteiger partial charge in [-0.3, -0.25) is 4.79 Å². The minimum atomic E-state index is -1.03. The van der Waals surface area contributed by atoms with E-state index in [0.29, 0.717) is 17.9 Å². The largest absolute Gasteiger partial charge is 0.496 e. The van der Waals surface area contributed by atoms with Crippen LogP contribution in [-0.2, 0) is 0 Å². The van der Waals surface area contributed by atoms with Gasteiger partial charge >= 0.3 is 6.09 Å². The number of fused-ring (bicyclic) bond motifs is 1. The van der Waals surface area contributed by atoms with Crippen LogP contribution in [0.25, 0.3) is 10.8 Å². The highest BCUT2D eigenvalue weighted by Gasteiger charge is 2.24. The molecule has 2 amide bonds. The quantitative estimate of drug-likeness (QED) is 0.695. The minimum Gasteiger partial charge on any atom is -0.496 e. The van der Waals surface area contributed by atoms with E-state index in [4.69, 9.17) is 15.6 Å². The zero-order valence-corrected chi connectivity index (χ0v) is 15.7. The van der Waals surface area contributed by atoms with Gasteiger partial charge in [0.25, 0.3) is 5.91 Å². The summed E-state index contributed by atoms with van der Waals surface area (Å²) in [7, 11) is 1.48. The van der Waals surface area contributed by atoms with Crippen LogP contribution in [0.4, 0.5) is 10.6 Å². The van der Waals surface area contributed by atoms with Crippen molar-refractivity contribution >= 4 is 44.5 Å². The van der Waals surface area contributed by atoms with Crippen molar-refractivity contribution in [2.75, 3.05) is 25.1 Å². The molecular weight excluding hydrogens is 404 g/mol. The van der Waals surface area contributed by atoms with E-state index in [1.54, 1.807) is 18.3 Å². The molecule has 0 spiro atoms. The van der Waals surface area contributed by atoms with Gasteiger partial charge in [0.1, 0.15) is 11.6 Å². The lowest BCUT2D eigenvalue weighted by Crippen LogP contribution is -2.47. The number of nitrogens with two attached hydrogens (primary N) is 1. The van der Waals surface area contributed by atoms with Crippen LogP contribution in [0, 0.1) is 0 Å². The second-order valence-electron chi connectivity index (χ2n) is 6.13. The maximum absolute atomic E-state index is 11.7. The summed E-state index contributed by atoms with van der Waals surface area (Å²) in [5.74, 6) is 0.524. The Morgan fingerprint density at radius 3 is 2.85 bits per heavy atom. The van der Waals surface area contributed by atoms with Gasteiger partial charge in [0, 0.05) is 40.6 Å². The van der Waals surface area contributed by atoms with Crippen LogP contribution in [0.2, 0.25) is 0 Å². The fraction of sp³-hybridized carbons (Fsp3) is 0.353. The molecule has 1 aliphatic heterocycles. The van der Waals surface area contributed by atoms with Gasteiger partial charge in [-0.1, -0.05) is 0 Å². The van der Waals surface area contributed by atoms with E-state index >= 15 is 0 Å². The van der Waals surface area contributed by atoms with Crippen molar-refractivity contribution < 1.29 is 19.4 Å². The van der Waals surface area contributed by atoms with E-state index in [1.807, 2.05) is 4.90 Å². The van der Waals surface area contributed by atoms with Crippen LogP contribution in [0.5, 0.6) is 5.75 Å². The standard InChI is InChI=1S/C17H19BrN4O4/c1-26-14-6-11-10(5-12(14)15(19)23)13(18)7-20-16(11)22-4-2-3-9(8-22)21-17(24)25/h5-7,9,21H,2-4,8H2,1H3,(H2,19,23)(H,24,25). The number of carboxylic acid groups (broad SMARTS) is 1. The van der Waals surface area contributed by atoms with Gasteiger partial charge in [0.15, 0.2) is 0 Å². The number of benzene rings is 1. The number of rotatable bonds is 4. The van der Waals surface area contributed by atoms with Crippen LogP contribution < -0.4 is 20.7 Å². The minimum absolute atomic E-state index is 0.159. The number of primary amides is 1. The summed E-state index contributed by atoms with van der Waals surface area (Å²) in [5, 5.41) is 13.1. The summed E-state index contributed by atoms with van der Waals surface area (Å²) < 4.78 is 6.05. The highest BCUT2D eigenvalue weighted by molar-refractivity contribution is 9.10. The number of carbonyl (C=O) groups is 2. The Balaban J connectivity index is 2.07. The van der Waals surface area contributed by atoms with E-state index in [1.165, 1.54) is 7.11 Å². The Morgan fingerprint density at radius 2 is 2.19 bits per heavy atom. The molecule has 1 fully saturated rings. The molecule has 4 N–H and O–H groups in total. The van der Waals surface area contributed by atoms with Crippen LogP contribution in [-0.4, -0.2) is 48.3 Å². The Hall–Kier alpha value is -2.55. The van der Waals surface area contributed by atoms with Gasteiger partial charge in [-0.2, -0.15) is 0 Å². The first-order chi connectivity index (χ1) is 12.4. The molecular formula is C17H19BrN4O4. The number of aromatic nitrogens is 1. The average Bonchev–Trinajstić information content (AvgIpc) is 2.60. The molecule has 1 aliphatic rings. The van der Waals surface area contributed by atoms with Crippen molar-refractivity contribution in [1.82, 2.24) is 10.3 Å². The number of nitrogens with zero attached hydrogens (tertiary/aromatic N) is 2. The second-order valence-corrected chi connectivity index (χ2v) is 6.98. The zero-order valence-electron chi connectivity index (χ0n) is 14.2. The molecule has 1 atom stereocenters. The lowest BCUT2D eigenvalue weighted by molar-refractivity contribution is 0.0997. The van der Waals surface area contributed by atoms with E-state index in [-0.39, 0.29) is 6.04 Å². The summed E-state index contributed by atoms with van der Waals surface area (Å²) in [6, 6.07) is 3.27. The van der Waals surface area contributed by atoms with Gasteiger partial charge in [-0.05, 0) is 40.9 Å². The predicted molar refractivity (Wildman–Crippen MR) is 101 cm³/mol. The fourth-order valence-electron chi connectivity index (χ4n) is 3.29.